The molecule has 32 heavy (non-hydrogen) atoms. The summed E-state index contributed by atoms with van der Waals surface area (Å²) in [4.78, 5) is 8.02. The maximum atomic E-state index is 5.99. The first-order valence-corrected chi connectivity index (χ1v) is 13.7. The van der Waals surface area contributed by atoms with E-state index in [9.17, 15) is 0 Å². The van der Waals surface area contributed by atoms with Crippen molar-refractivity contribution in [2.24, 2.45) is 5.41 Å². The summed E-state index contributed by atoms with van der Waals surface area (Å²) in [5, 5.41) is 3.67. The van der Waals surface area contributed by atoms with E-state index in [-0.39, 0.29) is 23.6 Å². The second-order valence-corrected chi connectivity index (χ2v) is 11.4. The van der Waals surface area contributed by atoms with Crippen LogP contribution in [0.25, 0.3) is 10.4 Å². The van der Waals surface area contributed by atoms with Crippen molar-refractivity contribution in [1.82, 2.24) is 15.2 Å². The maximum absolute atomic E-state index is 5.99. The molecule has 173 valence electrons. The van der Waals surface area contributed by atoms with Crippen LogP contribution in [0.1, 0.15) is 57.8 Å². The van der Waals surface area contributed by atoms with Gasteiger partial charge in [0.15, 0.2) is 0 Å². The Morgan fingerprint density at radius 1 is 1.31 bits per heavy atom. The Morgan fingerprint density at radius 3 is 2.56 bits per heavy atom. The van der Waals surface area contributed by atoms with E-state index in [0.29, 0.717) is 0 Å². The molecule has 1 aromatic heterocycles. The first-order chi connectivity index (χ1) is 15.1. The van der Waals surface area contributed by atoms with Crippen LogP contribution in [0.5, 0.6) is 0 Å². The molecular formula is C26H36N3OSTe. The van der Waals surface area contributed by atoms with E-state index in [0.717, 1.165) is 35.4 Å². The third-order valence-electron chi connectivity index (χ3n) is 5.93. The Bertz CT molecular complexity index is 931. The van der Waals surface area contributed by atoms with Crippen molar-refractivity contribution in [3.63, 3.8) is 0 Å². The number of allylic oxidation sites excluding steroid dienone is 1. The van der Waals surface area contributed by atoms with Gasteiger partial charge in [0, 0.05) is 0 Å². The summed E-state index contributed by atoms with van der Waals surface area (Å²) >= 11 is 3.68. The molecule has 3 rings (SSSR count). The van der Waals surface area contributed by atoms with Gasteiger partial charge in [-0.15, -0.1) is 11.3 Å². The number of aromatic nitrogens is 1. The van der Waals surface area contributed by atoms with Crippen molar-refractivity contribution in [1.29, 1.82) is 0 Å². The van der Waals surface area contributed by atoms with E-state index in [1.807, 2.05) is 27.8 Å². The summed E-state index contributed by atoms with van der Waals surface area (Å²) in [5.41, 5.74) is 7.87. The number of ether oxygens (including phenoxy) is 1. The Morgan fingerprint density at radius 2 is 2.00 bits per heavy atom. The fourth-order valence-electron chi connectivity index (χ4n) is 4.37. The molecule has 1 radical (unpaired) electrons. The monoisotopic (exact) mass is 568 g/mol. The van der Waals surface area contributed by atoms with Crippen molar-refractivity contribution in [2.45, 2.75) is 65.6 Å². The molecule has 0 saturated carbocycles. The van der Waals surface area contributed by atoms with E-state index in [4.69, 9.17) is 4.74 Å². The zero-order valence-electron chi connectivity index (χ0n) is 20.0. The third-order valence-corrected chi connectivity index (χ3v) is 7.30. The van der Waals surface area contributed by atoms with Gasteiger partial charge in [-0.2, -0.15) is 0 Å². The van der Waals surface area contributed by atoms with Crippen molar-refractivity contribution in [3.05, 3.63) is 65.6 Å². The fraction of sp³-hybridized carbons (Fsp3) is 0.500. The van der Waals surface area contributed by atoms with E-state index in [2.05, 4.69) is 87.2 Å². The second-order valence-electron chi connectivity index (χ2n) is 9.89. The molecular weight excluding hydrogens is 530 g/mol. The molecule has 3 atom stereocenters. The van der Waals surface area contributed by atoms with Crippen LogP contribution in [0, 0.1) is 12.3 Å². The minimum atomic E-state index is 0.170. The number of hydrogen-bond donors (Lipinski definition) is 1. The third kappa shape index (κ3) is 6.38. The van der Waals surface area contributed by atoms with Crippen molar-refractivity contribution in [3.8, 4) is 10.4 Å². The van der Waals surface area contributed by atoms with Gasteiger partial charge in [0.2, 0.25) is 0 Å². The molecule has 0 bridgehead atoms. The van der Waals surface area contributed by atoms with Gasteiger partial charge >= 0.3 is 173 Å². The summed E-state index contributed by atoms with van der Waals surface area (Å²) in [5.74, 6) is 0. The Balaban J connectivity index is 1.69. The van der Waals surface area contributed by atoms with Gasteiger partial charge in [-0.1, -0.05) is 0 Å². The van der Waals surface area contributed by atoms with Crippen LogP contribution in [-0.2, 0) is 4.74 Å². The summed E-state index contributed by atoms with van der Waals surface area (Å²) < 4.78 is 6.74. The van der Waals surface area contributed by atoms with Crippen molar-refractivity contribution in [2.75, 3.05) is 11.2 Å². The molecule has 0 amide bonds. The van der Waals surface area contributed by atoms with Crippen molar-refractivity contribution >= 4 is 33.6 Å². The van der Waals surface area contributed by atoms with Crippen LogP contribution < -0.4 is 5.32 Å². The van der Waals surface area contributed by atoms with Crippen LogP contribution in [0.15, 0.2) is 54.3 Å². The van der Waals surface area contributed by atoms with E-state index < -0.39 is 0 Å². The summed E-state index contributed by atoms with van der Waals surface area (Å²) in [6.07, 6.45) is 2.13. The van der Waals surface area contributed by atoms with Gasteiger partial charge in [0.25, 0.3) is 0 Å². The number of nitrogens with zero attached hydrogens (tertiary/aromatic N) is 2. The average Bonchev–Trinajstić information content (AvgIpc) is 3.33. The number of rotatable bonds is 9. The van der Waals surface area contributed by atoms with Crippen LogP contribution in [0.3, 0.4) is 0 Å². The number of aryl methyl sites for hydroxylation is 1. The number of likely N-dealkylation sites (tertiary alicyclic amines) is 1. The first-order valence-electron chi connectivity index (χ1n) is 11.2. The molecule has 1 saturated heterocycles. The Kier molecular flexibility index (Phi) is 8.49. The molecule has 3 unspecified atom stereocenters. The zero-order chi connectivity index (χ0) is 23.5. The van der Waals surface area contributed by atoms with E-state index in [1.165, 1.54) is 21.7 Å². The molecule has 1 aliphatic heterocycles. The van der Waals surface area contributed by atoms with Gasteiger partial charge in [0.1, 0.15) is 0 Å². The second kappa shape index (κ2) is 10.7. The Hall–Kier alpha value is -1.32. The van der Waals surface area contributed by atoms with Gasteiger partial charge in [-0.3, -0.25) is 0 Å². The first kappa shape index (κ1) is 25.3. The number of hydrogen-bond acceptors (Lipinski definition) is 5. The van der Waals surface area contributed by atoms with Gasteiger partial charge in [-0.25, -0.2) is 4.98 Å². The summed E-state index contributed by atoms with van der Waals surface area (Å²) in [6.45, 7) is 20.8. The quantitative estimate of drug-likeness (QED) is 0.389. The Labute approximate surface area is 211 Å². The summed E-state index contributed by atoms with van der Waals surface area (Å²) in [6, 6.07) is 9.15. The molecule has 0 spiro atoms. The molecule has 1 aromatic carbocycles. The van der Waals surface area contributed by atoms with Crippen LogP contribution >= 0.6 is 11.3 Å². The molecule has 2 heterocycles. The molecule has 1 fully saturated rings. The summed E-state index contributed by atoms with van der Waals surface area (Å²) in [7, 11) is 0. The van der Waals surface area contributed by atoms with Gasteiger partial charge in [0.05, 0.1) is 16.1 Å². The van der Waals surface area contributed by atoms with Crippen LogP contribution in [-0.4, -0.2) is 55.5 Å². The molecule has 4 nitrogen and oxygen atoms in total. The fourth-order valence-corrected chi connectivity index (χ4v) is 5.73. The van der Waals surface area contributed by atoms with Crippen molar-refractivity contribution < 1.29 is 4.74 Å². The number of nitrogens with one attached hydrogen (secondary N) is 1. The number of thiazole rings is 1. The number of benzene rings is 1. The molecule has 2 aromatic rings. The standard InChI is InChI=1S/C26H36N3OSTe/c1-17(13-26(5,6)7)29-14-23(30-16-32)12-24(29)19(3)28-18(2)21-8-10-22(11-9-21)25-20(4)27-15-31-25/h8-11,15,18,23-24,28H,1,3,12-14,16H2,2,4-7H3. The van der Waals surface area contributed by atoms with Gasteiger partial charge in [-0.05, 0) is 6.92 Å². The predicted octanol–water partition coefficient (Wildman–Crippen LogP) is 5.82. The van der Waals surface area contributed by atoms with E-state index in [1.54, 1.807) is 11.3 Å². The van der Waals surface area contributed by atoms with Crippen LogP contribution in [0.2, 0.25) is 0 Å². The molecule has 0 aliphatic carbocycles. The van der Waals surface area contributed by atoms with E-state index >= 15 is 0 Å². The minimum absolute atomic E-state index is 0.170. The normalized spacial score (nSPS) is 19.8. The zero-order valence-corrected chi connectivity index (χ0v) is 23.1. The molecule has 1 aliphatic rings. The molecule has 1 N–H and O–H groups in total. The topological polar surface area (TPSA) is 37.4 Å². The average molecular weight is 566 g/mol. The predicted molar refractivity (Wildman–Crippen MR) is 137 cm³/mol. The van der Waals surface area contributed by atoms with Crippen LogP contribution in [0.4, 0.5) is 0 Å². The SMILES string of the molecule is C=C(NC(C)c1ccc(-c2scnc2C)cc1)C1CC(OC[Te])CN1C(=C)CC(C)(C)C. The molecule has 6 heteroatoms. The van der Waals surface area contributed by atoms with Gasteiger partial charge < -0.3 is 0 Å².